The van der Waals surface area contributed by atoms with Crippen molar-refractivity contribution in [1.82, 2.24) is 19.9 Å². The lowest BCUT2D eigenvalue weighted by Crippen LogP contribution is -2.37. The SMILES string of the molecule is Cn1c(C2=CCC3(CCNCC3)CC2)cc2c(N)nc(-c3ccc(OC(F)F)cc3)nc21. The van der Waals surface area contributed by atoms with Crippen LogP contribution in [0.2, 0.25) is 0 Å². The number of alkyl halides is 2. The van der Waals surface area contributed by atoms with Gasteiger partial charge in [-0.25, -0.2) is 9.97 Å². The Morgan fingerprint density at radius 1 is 1.12 bits per heavy atom. The third-order valence-corrected chi connectivity index (χ3v) is 6.95. The molecule has 0 amide bonds. The third-order valence-electron chi connectivity index (χ3n) is 6.95. The Kier molecular flexibility index (Phi) is 5.33. The number of fused-ring (bicyclic) bond motifs is 1. The second-order valence-electron chi connectivity index (χ2n) is 8.84. The molecule has 0 radical (unpaired) electrons. The van der Waals surface area contributed by atoms with E-state index in [-0.39, 0.29) is 5.75 Å². The Labute approximate surface area is 185 Å². The number of anilines is 1. The van der Waals surface area contributed by atoms with Crippen molar-refractivity contribution in [3.05, 3.63) is 42.1 Å². The van der Waals surface area contributed by atoms with E-state index >= 15 is 0 Å². The van der Waals surface area contributed by atoms with Crippen molar-refractivity contribution >= 4 is 22.4 Å². The fourth-order valence-electron chi connectivity index (χ4n) is 5.03. The van der Waals surface area contributed by atoms with Crippen molar-refractivity contribution in [1.29, 1.82) is 0 Å². The predicted octanol–water partition coefficient (Wildman–Crippen LogP) is 4.76. The molecule has 5 rings (SSSR count). The van der Waals surface area contributed by atoms with Gasteiger partial charge < -0.3 is 20.4 Å². The molecule has 0 bridgehead atoms. The van der Waals surface area contributed by atoms with Crippen molar-refractivity contribution in [2.24, 2.45) is 12.5 Å². The summed E-state index contributed by atoms with van der Waals surface area (Å²) in [7, 11) is 2.00. The van der Waals surface area contributed by atoms with Crippen LogP contribution in [0.25, 0.3) is 28.0 Å². The monoisotopic (exact) mass is 439 g/mol. The number of halogens is 2. The summed E-state index contributed by atoms with van der Waals surface area (Å²) in [5, 5.41) is 4.29. The average Bonchev–Trinajstić information content (AvgIpc) is 3.12. The highest BCUT2D eigenvalue weighted by molar-refractivity contribution is 5.91. The number of aryl methyl sites for hydroxylation is 1. The maximum Gasteiger partial charge on any atom is 0.387 e. The molecule has 32 heavy (non-hydrogen) atoms. The number of hydrogen-bond acceptors (Lipinski definition) is 5. The molecule has 1 aliphatic carbocycles. The van der Waals surface area contributed by atoms with Gasteiger partial charge in [0.15, 0.2) is 5.82 Å². The zero-order valence-electron chi connectivity index (χ0n) is 18.1. The van der Waals surface area contributed by atoms with Crippen LogP contribution in [0.15, 0.2) is 36.4 Å². The lowest BCUT2D eigenvalue weighted by molar-refractivity contribution is -0.0498. The van der Waals surface area contributed by atoms with Gasteiger partial charge in [0.05, 0.1) is 5.39 Å². The Hall–Kier alpha value is -3.00. The van der Waals surface area contributed by atoms with Gasteiger partial charge in [-0.3, -0.25) is 0 Å². The standard InChI is InChI=1S/C24H27F2N5O/c1-31-19(15-6-8-24(9-7-15)10-12-28-13-11-24)14-18-20(27)29-21(30-22(18)31)16-2-4-17(5-3-16)32-23(25)26/h2-6,14,23,28H,7-13H2,1H3,(H2,27,29,30). The van der Waals surface area contributed by atoms with Gasteiger partial charge in [-0.05, 0) is 86.5 Å². The molecule has 2 aliphatic rings. The van der Waals surface area contributed by atoms with Crippen LogP contribution in [0.3, 0.4) is 0 Å². The summed E-state index contributed by atoms with van der Waals surface area (Å²) in [6.45, 7) is -0.632. The molecular formula is C24H27F2N5O. The minimum Gasteiger partial charge on any atom is -0.435 e. The summed E-state index contributed by atoms with van der Waals surface area (Å²) in [4.78, 5) is 9.21. The third kappa shape index (κ3) is 3.83. The van der Waals surface area contributed by atoms with Crippen molar-refractivity contribution in [2.45, 2.75) is 38.7 Å². The van der Waals surface area contributed by atoms with Crippen LogP contribution in [0.5, 0.6) is 5.75 Å². The first-order valence-corrected chi connectivity index (χ1v) is 11.0. The number of ether oxygens (including phenoxy) is 1. The number of nitrogen functional groups attached to an aromatic ring is 1. The van der Waals surface area contributed by atoms with Crippen LogP contribution in [0, 0.1) is 5.41 Å². The lowest BCUT2D eigenvalue weighted by Gasteiger charge is -2.40. The van der Waals surface area contributed by atoms with Gasteiger partial charge in [-0.15, -0.1) is 0 Å². The van der Waals surface area contributed by atoms with Crippen molar-refractivity contribution < 1.29 is 13.5 Å². The summed E-state index contributed by atoms with van der Waals surface area (Å²) in [5.41, 5.74) is 10.7. The molecule has 0 atom stereocenters. The number of allylic oxidation sites excluding steroid dienone is 2. The highest BCUT2D eigenvalue weighted by Crippen LogP contribution is 2.45. The molecule has 3 N–H and O–H groups in total. The highest BCUT2D eigenvalue weighted by atomic mass is 19.3. The topological polar surface area (TPSA) is 78.0 Å². The largest absolute Gasteiger partial charge is 0.435 e. The number of nitrogens with zero attached hydrogens (tertiary/aromatic N) is 3. The van der Waals surface area contributed by atoms with Crippen molar-refractivity contribution in [3.8, 4) is 17.1 Å². The number of benzene rings is 1. The summed E-state index contributed by atoms with van der Waals surface area (Å²) >= 11 is 0. The molecule has 1 aliphatic heterocycles. The smallest absolute Gasteiger partial charge is 0.387 e. The van der Waals surface area contributed by atoms with Gasteiger partial charge in [0.2, 0.25) is 0 Å². The van der Waals surface area contributed by atoms with E-state index in [2.05, 4.69) is 31.7 Å². The number of hydrogen-bond donors (Lipinski definition) is 2. The molecule has 1 saturated heterocycles. The van der Waals surface area contributed by atoms with Gasteiger partial charge in [0.1, 0.15) is 17.2 Å². The molecule has 8 heteroatoms. The Morgan fingerprint density at radius 2 is 1.88 bits per heavy atom. The van der Waals surface area contributed by atoms with Crippen LogP contribution >= 0.6 is 0 Å². The number of aromatic nitrogens is 3. The quantitative estimate of drug-likeness (QED) is 0.613. The van der Waals surface area contributed by atoms with Crippen LogP contribution in [0.4, 0.5) is 14.6 Å². The van der Waals surface area contributed by atoms with E-state index in [4.69, 9.17) is 10.7 Å². The molecule has 168 valence electrons. The molecule has 3 heterocycles. The van der Waals surface area contributed by atoms with Crippen molar-refractivity contribution in [2.75, 3.05) is 18.8 Å². The molecule has 1 aromatic carbocycles. The fourth-order valence-corrected chi connectivity index (χ4v) is 5.03. The first kappa shape index (κ1) is 20.9. The predicted molar refractivity (Wildman–Crippen MR) is 121 cm³/mol. The highest BCUT2D eigenvalue weighted by Gasteiger charge is 2.34. The molecule has 1 spiro atoms. The fraction of sp³-hybridized carbons (Fsp3) is 0.417. The van der Waals surface area contributed by atoms with Gasteiger partial charge >= 0.3 is 6.61 Å². The summed E-state index contributed by atoms with van der Waals surface area (Å²) < 4.78 is 31.3. The molecule has 0 saturated carbocycles. The van der Waals surface area contributed by atoms with Gasteiger partial charge in [0.25, 0.3) is 0 Å². The van der Waals surface area contributed by atoms with Crippen LogP contribution in [0.1, 0.15) is 37.8 Å². The number of nitrogens with one attached hydrogen (secondary N) is 1. The van der Waals surface area contributed by atoms with Crippen molar-refractivity contribution in [3.63, 3.8) is 0 Å². The lowest BCUT2D eigenvalue weighted by atomic mass is 9.69. The van der Waals surface area contributed by atoms with Gasteiger partial charge in [-0.1, -0.05) is 6.08 Å². The normalized spacial score (nSPS) is 18.3. The molecule has 2 aromatic heterocycles. The van der Waals surface area contributed by atoms with Crippen LogP contribution in [-0.2, 0) is 7.05 Å². The van der Waals surface area contributed by atoms with E-state index < -0.39 is 6.61 Å². The second kappa shape index (κ2) is 8.16. The van der Waals surface area contributed by atoms with Gasteiger partial charge in [0, 0.05) is 18.3 Å². The number of piperidine rings is 1. The zero-order chi connectivity index (χ0) is 22.3. The van der Waals surface area contributed by atoms with Crippen LogP contribution in [-0.4, -0.2) is 34.2 Å². The Balaban J connectivity index is 1.46. The maximum atomic E-state index is 12.4. The van der Waals surface area contributed by atoms with E-state index in [0.717, 1.165) is 42.7 Å². The number of nitrogens with two attached hydrogens (primary N) is 1. The first-order chi connectivity index (χ1) is 15.4. The number of rotatable bonds is 4. The van der Waals surface area contributed by atoms with E-state index in [1.54, 1.807) is 12.1 Å². The minimum absolute atomic E-state index is 0.0923. The van der Waals surface area contributed by atoms with Crippen LogP contribution < -0.4 is 15.8 Å². The molecule has 6 nitrogen and oxygen atoms in total. The minimum atomic E-state index is -2.86. The molecule has 0 unspecified atom stereocenters. The second-order valence-corrected chi connectivity index (χ2v) is 8.84. The molecular weight excluding hydrogens is 412 g/mol. The Morgan fingerprint density at radius 3 is 2.53 bits per heavy atom. The van der Waals surface area contributed by atoms with E-state index in [1.807, 2.05) is 7.05 Å². The van der Waals surface area contributed by atoms with Gasteiger partial charge in [-0.2, -0.15) is 8.78 Å². The first-order valence-electron chi connectivity index (χ1n) is 11.0. The Bertz CT molecular complexity index is 1160. The molecule has 3 aromatic rings. The van der Waals surface area contributed by atoms with E-state index in [9.17, 15) is 8.78 Å². The maximum absolute atomic E-state index is 12.4. The van der Waals surface area contributed by atoms with E-state index in [1.165, 1.54) is 37.0 Å². The summed E-state index contributed by atoms with van der Waals surface area (Å²) in [6, 6.07) is 8.35. The summed E-state index contributed by atoms with van der Waals surface area (Å²) in [6.07, 6.45) is 8.27. The average molecular weight is 440 g/mol. The van der Waals surface area contributed by atoms with E-state index in [0.29, 0.717) is 22.6 Å². The zero-order valence-corrected chi connectivity index (χ0v) is 18.1. The summed E-state index contributed by atoms with van der Waals surface area (Å²) in [5.74, 6) is 0.957. The molecule has 1 fully saturated rings.